The second-order valence-electron chi connectivity index (χ2n) is 9.06. The molecule has 4 aliphatic rings. The van der Waals surface area contributed by atoms with Gasteiger partial charge in [0.15, 0.2) is 6.61 Å². The number of Topliss-reactive ketones (excluding diaryl/α,β-unsaturated/α-hetero) is 1. The van der Waals surface area contributed by atoms with E-state index in [0.717, 1.165) is 0 Å². The molecule has 0 atom stereocenters. The van der Waals surface area contributed by atoms with Crippen LogP contribution in [-0.2, 0) is 14.3 Å². The molecule has 1 aromatic rings. The number of alkyl halides is 3. The Labute approximate surface area is 171 Å². The second kappa shape index (κ2) is 7.21. The first kappa shape index (κ1) is 21.1. The zero-order valence-corrected chi connectivity index (χ0v) is 16.5. The van der Waals surface area contributed by atoms with Crippen LogP contribution in [0.2, 0.25) is 0 Å². The van der Waals surface area contributed by atoms with Crippen molar-refractivity contribution in [2.75, 3.05) is 6.61 Å². The van der Waals surface area contributed by atoms with Crippen molar-refractivity contribution in [3.05, 3.63) is 29.6 Å². The van der Waals surface area contributed by atoms with Crippen LogP contribution in [0.3, 0.4) is 0 Å². The molecule has 5 nitrogen and oxygen atoms in total. The molecule has 4 aliphatic carbocycles. The van der Waals surface area contributed by atoms with Crippen molar-refractivity contribution in [3.8, 4) is 5.75 Å². The van der Waals surface area contributed by atoms with Gasteiger partial charge in [-0.05, 0) is 56.1 Å². The topological polar surface area (TPSA) is 64.6 Å². The zero-order chi connectivity index (χ0) is 21.7. The Kier molecular flexibility index (Phi) is 5.07. The van der Waals surface area contributed by atoms with Gasteiger partial charge in [0.2, 0.25) is 0 Å². The Balaban J connectivity index is 1.16. The van der Waals surface area contributed by atoms with Crippen LogP contribution in [0.1, 0.15) is 44.1 Å². The summed E-state index contributed by atoms with van der Waals surface area (Å²) in [4.78, 5) is 24.5. The summed E-state index contributed by atoms with van der Waals surface area (Å²) in [5.74, 6) is -0.800. The van der Waals surface area contributed by atoms with E-state index >= 15 is 0 Å². The molecule has 0 unspecified atom stereocenters. The van der Waals surface area contributed by atoms with E-state index in [1.807, 2.05) is 0 Å². The summed E-state index contributed by atoms with van der Waals surface area (Å²) in [6.45, 7) is 1.41. The molecular formula is C21H23F4NO4. The van der Waals surface area contributed by atoms with E-state index in [1.165, 1.54) is 6.07 Å². The highest BCUT2D eigenvalue weighted by Gasteiger charge is 2.68. The number of ketones is 1. The number of amides is 1. The van der Waals surface area contributed by atoms with Crippen LogP contribution < -0.4 is 10.1 Å². The quantitative estimate of drug-likeness (QED) is 0.638. The van der Waals surface area contributed by atoms with Crippen molar-refractivity contribution in [1.29, 1.82) is 0 Å². The number of ether oxygens (including phenoxy) is 2. The van der Waals surface area contributed by atoms with Gasteiger partial charge < -0.3 is 10.1 Å². The average molecular weight is 429 g/mol. The zero-order valence-electron chi connectivity index (χ0n) is 16.5. The van der Waals surface area contributed by atoms with Crippen molar-refractivity contribution >= 4 is 11.7 Å². The minimum atomic E-state index is -4.66. The summed E-state index contributed by atoms with van der Waals surface area (Å²) in [5, 5.41) is 2.93. The van der Waals surface area contributed by atoms with Crippen LogP contribution in [0, 0.1) is 24.1 Å². The lowest BCUT2D eigenvalue weighted by molar-refractivity contribution is -0.353. The van der Waals surface area contributed by atoms with Gasteiger partial charge in [0, 0.05) is 23.9 Å². The van der Waals surface area contributed by atoms with E-state index in [4.69, 9.17) is 4.74 Å². The predicted octanol–water partition coefficient (Wildman–Crippen LogP) is 3.83. The fraction of sp³-hybridized carbons (Fsp3) is 0.619. The number of carbonyl (C=O) groups excluding carboxylic acids is 2. The molecule has 0 aromatic heterocycles. The van der Waals surface area contributed by atoms with Crippen LogP contribution in [-0.4, -0.2) is 36.3 Å². The molecule has 0 aliphatic heterocycles. The highest BCUT2D eigenvalue weighted by Crippen LogP contribution is 2.69. The highest BCUT2D eigenvalue weighted by molar-refractivity contribution is 5.84. The predicted molar refractivity (Wildman–Crippen MR) is 97.1 cm³/mol. The Morgan fingerprint density at radius 1 is 1.20 bits per heavy atom. The SMILES string of the molecule is Cc1ccc(OCC(=O)NC23CC(CC(=O)C4CC(OC(F)(F)F)C4)(C2)C3)cc1F. The first-order valence-electron chi connectivity index (χ1n) is 9.94. The largest absolute Gasteiger partial charge is 0.522 e. The second-order valence-corrected chi connectivity index (χ2v) is 9.06. The maximum atomic E-state index is 13.5. The lowest BCUT2D eigenvalue weighted by Gasteiger charge is -2.71. The Morgan fingerprint density at radius 2 is 1.87 bits per heavy atom. The van der Waals surface area contributed by atoms with Gasteiger partial charge >= 0.3 is 6.36 Å². The minimum Gasteiger partial charge on any atom is -0.484 e. The van der Waals surface area contributed by atoms with Crippen LogP contribution in [0.4, 0.5) is 17.6 Å². The fourth-order valence-corrected chi connectivity index (χ4v) is 5.09. The summed E-state index contributed by atoms with van der Waals surface area (Å²) in [6.07, 6.45) is -2.94. The smallest absolute Gasteiger partial charge is 0.484 e. The van der Waals surface area contributed by atoms with Crippen LogP contribution in [0.15, 0.2) is 18.2 Å². The number of aryl methyl sites for hydroxylation is 1. The molecule has 4 fully saturated rings. The number of nitrogens with one attached hydrogen (secondary N) is 1. The maximum absolute atomic E-state index is 13.5. The van der Waals surface area contributed by atoms with Crippen molar-refractivity contribution in [3.63, 3.8) is 0 Å². The van der Waals surface area contributed by atoms with Gasteiger partial charge in [-0.15, -0.1) is 13.2 Å². The molecule has 30 heavy (non-hydrogen) atoms. The van der Waals surface area contributed by atoms with Gasteiger partial charge in [0.25, 0.3) is 5.91 Å². The molecule has 164 valence electrons. The van der Waals surface area contributed by atoms with Crippen molar-refractivity contribution in [2.45, 2.75) is 63.5 Å². The van der Waals surface area contributed by atoms with E-state index in [9.17, 15) is 27.2 Å². The lowest BCUT2D eigenvalue weighted by Crippen LogP contribution is -2.75. The van der Waals surface area contributed by atoms with Crippen molar-refractivity contribution in [1.82, 2.24) is 5.32 Å². The lowest BCUT2D eigenvalue weighted by atomic mass is 9.38. The number of hydrogen-bond acceptors (Lipinski definition) is 4. The van der Waals surface area contributed by atoms with Gasteiger partial charge in [-0.1, -0.05) is 6.07 Å². The molecule has 1 amide bonds. The first-order valence-corrected chi connectivity index (χ1v) is 9.94. The van der Waals surface area contributed by atoms with Crippen molar-refractivity contribution in [2.24, 2.45) is 11.3 Å². The summed E-state index contributed by atoms with van der Waals surface area (Å²) in [7, 11) is 0. The van der Waals surface area contributed by atoms with Crippen LogP contribution in [0.5, 0.6) is 5.75 Å². The third-order valence-electron chi connectivity index (χ3n) is 6.46. The van der Waals surface area contributed by atoms with Gasteiger partial charge in [0.1, 0.15) is 17.3 Å². The van der Waals surface area contributed by atoms with Gasteiger partial charge in [0.05, 0.1) is 6.10 Å². The fourth-order valence-electron chi connectivity index (χ4n) is 5.09. The number of rotatable bonds is 8. The standard InChI is InChI=1S/C21H23F4NO4/c1-12-2-3-14(6-16(12)22)29-8-18(28)26-20-9-19(10-20,11-20)7-17(27)13-4-15(5-13)30-21(23,24)25/h2-3,6,13,15H,4-5,7-11H2,1H3,(H,26,28). The summed E-state index contributed by atoms with van der Waals surface area (Å²) in [5.41, 5.74) is 0.0352. The number of halogens is 4. The van der Waals surface area contributed by atoms with Crippen molar-refractivity contribution < 1.29 is 36.6 Å². The molecule has 0 saturated heterocycles. The van der Waals surface area contributed by atoms with E-state index in [0.29, 0.717) is 31.2 Å². The molecule has 4 saturated carbocycles. The van der Waals surface area contributed by atoms with Gasteiger partial charge in [-0.2, -0.15) is 0 Å². The van der Waals surface area contributed by atoms with Crippen LogP contribution in [0.25, 0.3) is 0 Å². The van der Waals surface area contributed by atoms with E-state index in [-0.39, 0.29) is 53.8 Å². The molecule has 2 bridgehead atoms. The Morgan fingerprint density at radius 3 is 2.47 bits per heavy atom. The molecular weight excluding hydrogens is 406 g/mol. The molecule has 1 aromatic carbocycles. The van der Waals surface area contributed by atoms with Crippen LogP contribution >= 0.6 is 0 Å². The maximum Gasteiger partial charge on any atom is 0.522 e. The first-order chi connectivity index (χ1) is 14.0. The molecule has 1 N–H and O–H groups in total. The monoisotopic (exact) mass is 429 g/mol. The molecule has 0 heterocycles. The molecule has 5 rings (SSSR count). The van der Waals surface area contributed by atoms with Gasteiger partial charge in [-0.3, -0.25) is 14.3 Å². The summed E-state index contributed by atoms with van der Waals surface area (Å²) < 4.78 is 59.2. The van der Waals surface area contributed by atoms with E-state index < -0.39 is 18.3 Å². The number of carbonyl (C=O) groups is 2. The Bertz CT molecular complexity index is 843. The van der Waals surface area contributed by atoms with Gasteiger partial charge in [-0.25, -0.2) is 4.39 Å². The summed E-state index contributed by atoms with van der Waals surface area (Å²) >= 11 is 0. The molecule has 0 radical (unpaired) electrons. The number of benzene rings is 1. The highest BCUT2D eigenvalue weighted by atomic mass is 19.4. The van der Waals surface area contributed by atoms with E-state index in [2.05, 4.69) is 10.1 Å². The third-order valence-corrected chi connectivity index (χ3v) is 6.46. The van der Waals surface area contributed by atoms with E-state index in [1.54, 1.807) is 19.1 Å². The third kappa shape index (κ3) is 4.31. The normalized spacial score (nSPS) is 31.8. The average Bonchev–Trinajstić information content (AvgIpc) is 2.54. The summed E-state index contributed by atoms with van der Waals surface area (Å²) in [6, 6.07) is 4.40. The number of hydrogen-bond donors (Lipinski definition) is 1. The molecule has 0 spiro atoms. The minimum absolute atomic E-state index is 0.0126. The Hall–Kier alpha value is -2.16. The molecule has 9 heteroatoms.